The van der Waals surface area contributed by atoms with Crippen molar-refractivity contribution in [3.05, 3.63) is 54.1 Å². The number of hydrogen-bond donors (Lipinski definition) is 1. The Kier molecular flexibility index (Phi) is 6.57. The van der Waals surface area contributed by atoms with Crippen LogP contribution in [0.25, 0.3) is 0 Å². The summed E-state index contributed by atoms with van der Waals surface area (Å²) in [4.78, 5) is 23.9. The molecule has 7 nitrogen and oxygen atoms in total. The summed E-state index contributed by atoms with van der Waals surface area (Å²) >= 11 is 0. The summed E-state index contributed by atoms with van der Waals surface area (Å²) < 4.78 is 15.4. The first-order valence-corrected chi connectivity index (χ1v) is 7.79. The van der Waals surface area contributed by atoms with Gasteiger partial charge in [-0.2, -0.15) is 5.26 Å². The Labute approximate surface area is 151 Å². The van der Waals surface area contributed by atoms with Crippen LogP contribution in [-0.4, -0.2) is 31.7 Å². The molecule has 0 heterocycles. The molecule has 0 saturated carbocycles. The van der Waals surface area contributed by atoms with Gasteiger partial charge in [0.2, 0.25) is 0 Å². The molecule has 0 spiro atoms. The van der Waals surface area contributed by atoms with Crippen molar-refractivity contribution in [2.75, 3.05) is 19.0 Å². The molecule has 1 amide bonds. The van der Waals surface area contributed by atoms with Gasteiger partial charge in [0.05, 0.1) is 18.7 Å². The summed E-state index contributed by atoms with van der Waals surface area (Å²) in [5.74, 6) is -0.0222. The third-order valence-corrected chi connectivity index (χ3v) is 3.35. The molecule has 0 radical (unpaired) electrons. The third-order valence-electron chi connectivity index (χ3n) is 3.35. The van der Waals surface area contributed by atoms with Crippen molar-refractivity contribution in [2.45, 2.75) is 13.0 Å². The average molecular weight is 354 g/mol. The molecule has 7 heteroatoms. The molecule has 1 atom stereocenters. The highest BCUT2D eigenvalue weighted by Crippen LogP contribution is 2.17. The Hall–Kier alpha value is -3.53. The fraction of sp³-hybridized carbons (Fsp3) is 0.211. The molecule has 1 N–H and O–H groups in total. The zero-order valence-corrected chi connectivity index (χ0v) is 14.4. The van der Waals surface area contributed by atoms with E-state index in [9.17, 15) is 9.59 Å². The molecule has 0 aliphatic carbocycles. The molecule has 0 fully saturated rings. The van der Waals surface area contributed by atoms with Gasteiger partial charge >= 0.3 is 5.97 Å². The average Bonchev–Trinajstić information content (AvgIpc) is 2.66. The molecule has 0 aromatic heterocycles. The summed E-state index contributed by atoms with van der Waals surface area (Å²) in [5.41, 5.74) is 0.867. The summed E-state index contributed by atoms with van der Waals surface area (Å²) in [6.07, 6.45) is -1.01. The normalized spacial score (nSPS) is 11.0. The van der Waals surface area contributed by atoms with Crippen LogP contribution >= 0.6 is 0 Å². The number of hydrogen-bond acceptors (Lipinski definition) is 6. The van der Waals surface area contributed by atoms with Crippen LogP contribution < -0.4 is 14.8 Å². The van der Waals surface area contributed by atoms with Crippen molar-refractivity contribution in [1.29, 1.82) is 5.26 Å². The Morgan fingerprint density at radius 1 is 1.15 bits per heavy atom. The van der Waals surface area contributed by atoms with Gasteiger partial charge in [-0.05, 0) is 49.4 Å². The summed E-state index contributed by atoms with van der Waals surface area (Å²) in [7, 11) is 1.55. The van der Waals surface area contributed by atoms with Crippen LogP contribution in [0.1, 0.15) is 12.5 Å². The van der Waals surface area contributed by atoms with E-state index in [0.717, 1.165) is 0 Å². The zero-order chi connectivity index (χ0) is 18.9. The number of amides is 1. The second-order valence-corrected chi connectivity index (χ2v) is 5.28. The van der Waals surface area contributed by atoms with Crippen molar-refractivity contribution >= 4 is 17.6 Å². The minimum atomic E-state index is -1.01. The molecule has 2 aromatic rings. The van der Waals surface area contributed by atoms with Crippen LogP contribution in [0.3, 0.4) is 0 Å². The van der Waals surface area contributed by atoms with E-state index in [1.54, 1.807) is 49.6 Å². The van der Waals surface area contributed by atoms with Crippen molar-refractivity contribution in [2.24, 2.45) is 0 Å². The Bertz CT molecular complexity index is 811. The monoisotopic (exact) mass is 354 g/mol. The number of rotatable bonds is 7. The van der Waals surface area contributed by atoms with E-state index in [2.05, 4.69) is 5.32 Å². The van der Waals surface area contributed by atoms with Crippen LogP contribution in [0.15, 0.2) is 48.5 Å². The molecule has 134 valence electrons. The molecule has 2 aromatic carbocycles. The standard InChI is InChI=1S/C19H18N2O5/c1-13(19(23)21-15-5-3-4-14(10-15)11-20)26-18(22)12-25-17-8-6-16(24-2)7-9-17/h3-10,13H,12H2,1-2H3,(H,21,23). The lowest BCUT2D eigenvalue weighted by Crippen LogP contribution is -2.31. The van der Waals surface area contributed by atoms with Crippen LogP contribution in [-0.2, 0) is 14.3 Å². The quantitative estimate of drug-likeness (QED) is 0.767. The predicted molar refractivity (Wildman–Crippen MR) is 93.8 cm³/mol. The minimum Gasteiger partial charge on any atom is -0.497 e. The van der Waals surface area contributed by atoms with Gasteiger partial charge < -0.3 is 19.5 Å². The van der Waals surface area contributed by atoms with Gasteiger partial charge in [0.1, 0.15) is 11.5 Å². The number of ether oxygens (including phenoxy) is 3. The van der Waals surface area contributed by atoms with Gasteiger partial charge in [0.15, 0.2) is 12.7 Å². The zero-order valence-electron chi connectivity index (χ0n) is 14.4. The van der Waals surface area contributed by atoms with Gasteiger partial charge in [-0.1, -0.05) is 6.07 Å². The first-order valence-electron chi connectivity index (χ1n) is 7.79. The summed E-state index contributed by atoms with van der Waals surface area (Å²) in [5, 5.41) is 11.4. The van der Waals surface area contributed by atoms with Crippen LogP contribution in [0, 0.1) is 11.3 Å². The van der Waals surface area contributed by atoms with Gasteiger partial charge in [0.25, 0.3) is 5.91 Å². The number of nitriles is 1. The maximum atomic E-state index is 12.1. The SMILES string of the molecule is COc1ccc(OCC(=O)OC(C)C(=O)Nc2cccc(C#N)c2)cc1. The number of nitrogens with zero attached hydrogens (tertiary/aromatic N) is 1. The summed E-state index contributed by atoms with van der Waals surface area (Å²) in [6.45, 7) is 1.13. The van der Waals surface area contributed by atoms with E-state index in [0.29, 0.717) is 22.7 Å². The van der Waals surface area contributed by atoms with Crippen molar-refractivity contribution in [1.82, 2.24) is 0 Å². The lowest BCUT2D eigenvalue weighted by molar-refractivity contribution is -0.155. The van der Waals surface area contributed by atoms with E-state index >= 15 is 0 Å². The minimum absolute atomic E-state index is 0.326. The number of anilines is 1. The van der Waals surface area contributed by atoms with E-state index < -0.39 is 18.0 Å². The number of esters is 1. The second-order valence-electron chi connectivity index (χ2n) is 5.28. The molecule has 0 aliphatic heterocycles. The van der Waals surface area contributed by atoms with E-state index in [1.165, 1.54) is 13.0 Å². The fourth-order valence-corrected chi connectivity index (χ4v) is 2.01. The molecule has 26 heavy (non-hydrogen) atoms. The third kappa shape index (κ3) is 5.53. The van der Waals surface area contributed by atoms with E-state index in [4.69, 9.17) is 19.5 Å². The maximum absolute atomic E-state index is 12.1. The lowest BCUT2D eigenvalue weighted by Gasteiger charge is -2.14. The number of nitrogens with one attached hydrogen (secondary N) is 1. The highest BCUT2D eigenvalue weighted by molar-refractivity contribution is 5.95. The van der Waals surface area contributed by atoms with Gasteiger partial charge in [0, 0.05) is 5.69 Å². The first-order chi connectivity index (χ1) is 12.5. The molecular formula is C19H18N2O5. The molecule has 0 bridgehead atoms. The van der Waals surface area contributed by atoms with Gasteiger partial charge in [-0.3, -0.25) is 4.79 Å². The van der Waals surface area contributed by atoms with Crippen LogP contribution in [0.4, 0.5) is 5.69 Å². The van der Waals surface area contributed by atoms with Crippen molar-refractivity contribution in [3.8, 4) is 17.6 Å². The topological polar surface area (TPSA) is 97.7 Å². The highest BCUT2D eigenvalue weighted by Gasteiger charge is 2.18. The number of carbonyl (C=O) groups is 2. The highest BCUT2D eigenvalue weighted by atomic mass is 16.6. The van der Waals surface area contributed by atoms with Crippen molar-refractivity contribution in [3.63, 3.8) is 0 Å². The Morgan fingerprint density at radius 3 is 2.50 bits per heavy atom. The van der Waals surface area contributed by atoms with Crippen LogP contribution in [0.2, 0.25) is 0 Å². The Morgan fingerprint density at radius 2 is 1.85 bits per heavy atom. The molecule has 0 aliphatic rings. The van der Waals surface area contributed by atoms with Crippen LogP contribution in [0.5, 0.6) is 11.5 Å². The smallest absolute Gasteiger partial charge is 0.344 e. The first kappa shape index (κ1) is 18.8. The lowest BCUT2D eigenvalue weighted by atomic mass is 10.2. The molecule has 0 saturated heterocycles. The van der Waals surface area contributed by atoms with E-state index in [-0.39, 0.29) is 6.61 Å². The molecule has 2 rings (SSSR count). The summed E-state index contributed by atoms with van der Waals surface area (Å²) in [6, 6.07) is 15.1. The predicted octanol–water partition coefficient (Wildman–Crippen LogP) is 2.52. The number of methoxy groups -OCH3 is 1. The van der Waals surface area contributed by atoms with Gasteiger partial charge in [-0.25, -0.2) is 4.79 Å². The fourth-order valence-electron chi connectivity index (χ4n) is 2.01. The Balaban J connectivity index is 1.81. The largest absolute Gasteiger partial charge is 0.497 e. The van der Waals surface area contributed by atoms with E-state index in [1.807, 2.05) is 6.07 Å². The number of benzene rings is 2. The maximum Gasteiger partial charge on any atom is 0.344 e. The second kappa shape index (κ2) is 9.08. The molecule has 1 unspecified atom stereocenters. The molecular weight excluding hydrogens is 336 g/mol. The van der Waals surface area contributed by atoms with Gasteiger partial charge in [-0.15, -0.1) is 0 Å². The number of carbonyl (C=O) groups excluding carboxylic acids is 2. The van der Waals surface area contributed by atoms with Crippen molar-refractivity contribution < 1.29 is 23.8 Å².